The molecule has 20 heavy (non-hydrogen) atoms. The topological polar surface area (TPSA) is 74.7 Å². The maximum atomic E-state index is 13.7. The number of sulfonamides is 1. The molecule has 0 aromatic heterocycles. The van der Waals surface area contributed by atoms with E-state index < -0.39 is 33.6 Å². The van der Waals surface area contributed by atoms with Crippen LogP contribution in [0.5, 0.6) is 0 Å². The zero-order valence-corrected chi connectivity index (χ0v) is 11.9. The first kappa shape index (κ1) is 14.9. The second-order valence-corrected chi connectivity index (χ2v) is 6.88. The van der Waals surface area contributed by atoms with Gasteiger partial charge in [-0.1, -0.05) is 12.1 Å². The Kier molecular flexibility index (Phi) is 4.10. The standard InChI is InChI=1S/C13H16FNO4S/c1-9-4-5-10(11(14)7-9)8-20(18,19)15-6-2-3-12(15)13(16)17/h4-5,7,12H,2-3,6,8H2,1H3,(H,16,17)/t12-/m1/s1. The van der Waals surface area contributed by atoms with E-state index in [0.29, 0.717) is 18.4 Å². The number of rotatable bonds is 4. The van der Waals surface area contributed by atoms with Crippen molar-refractivity contribution in [2.24, 2.45) is 0 Å². The highest BCUT2D eigenvalue weighted by atomic mass is 32.2. The number of nitrogens with zero attached hydrogens (tertiary/aromatic N) is 1. The molecule has 110 valence electrons. The van der Waals surface area contributed by atoms with Gasteiger partial charge in [-0.05, 0) is 31.4 Å². The van der Waals surface area contributed by atoms with E-state index in [-0.39, 0.29) is 12.1 Å². The number of carboxylic acid groups (broad SMARTS) is 1. The van der Waals surface area contributed by atoms with E-state index in [2.05, 4.69) is 0 Å². The Morgan fingerprint density at radius 2 is 2.20 bits per heavy atom. The number of aryl methyl sites for hydroxylation is 1. The van der Waals surface area contributed by atoms with Crippen molar-refractivity contribution in [2.75, 3.05) is 6.54 Å². The molecule has 0 bridgehead atoms. The molecule has 0 amide bonds. The Hall–Kier alpha value is -1.47. The van der Waals surface area contributed by atoms with Gasteiger partial charge in [0, 0.05) is 12.1 Å². The van der Waals surface area contributed by atoms with Gasteiger partial charge in [-0.15, -0.1) is 0 Å². The number of halogens is 1. The third kappa shape index (κ3) is 2.99. The molecule has 0 spiro atoms. The molecule has 1 aliphatic heterocycles. The number of carbonyl (C=O) groups is 1. The van der Waals surface area contributed by atoms with Gasteiger partial charge in [0.1, 0.15) is 11.9 Å². The molecule has 1 heterocycles. The summed E-state index contributed by atoms with van der Waals surface area (Å²) in [6.07, 6.45) is 0.803. The Labute approximate surface area is 117 Å². The molecule has 1 saturated heterocycles. The fourth-order valence-electron chi connectivity index (χ4n) is 2.37. The van der Waals surface area contributed by atoms with Crippen molar-refractivity contribution in [1.29, 1.82) is 0 Å². The van der Waals surface area contributed by atoms with Crippen LogP contribution >= 0.6 is 0 Å². The third-order valence-electron chi connectivity index (χ3n) is 3.39. The summed E-state index contributed by atoms with van der Waals surface area (Å²) in [7, 11) is -3.83. The van der Waals surface area contributed by atoms with Crippen LogP contribution in [0.2, 0.25) is 0 Å². The molecule has 1 aromatic carbocycles. The minimum absolute atomic E-state index is 0.0617. The molecular weight excluding hydrogens is 285 g/mol. The summed E-state index contributed by atoms with van der Waals surface area (Å²) in [6.45, 7) is 1.88. The van der Waals surface area contributed by atoms with Crippen molar-refractivity contribution in [3.05, 3.63) is 35.1 Å². The summed E-state index contributed by atoms with van der Waals surface area (Å²) >= 11 is 0. The van der Waals surface area contributed by atoms with Gasteiger partial charge in [0.05, 0.1) is 5.75 Å². The molecule has 0 radical (unpaired) electrons. The first-order chi connectivity index (χ1) is 9.31. The molecule has 0 saturated carbocycles. The van der Waals surface area contributed by atoms with Crippen LogP contribution in [-0.2, 0) is 20.6 Å². The van der Waals surface area contributed by atoms with Gasteiger partial charge in [-0.2, -0.15) is 4.31 Å². The first-order valence-corrected chi connectivity index (χ1v) is 7.89. The highest BCUT2D eigenvalue weighted by Crippen LogP contribution is 2.24. The van der Waals surface area contributed by atoms with E-state index in [1.54, 1.807) is 13.0 Å². The van der Waals surface area contributed by atoms with Crippen LogP contribution in [0.1, 0.15) is 24.0 Å². The van der Waals surface area contributed by atoms with E-state index in [1.807, 2.05) is 0 Å². The zero-order chi connectivity index (χ0) is 14.9. The van der Waals surface area contributed by atoms with Crippen LogP contribution < -0.4 is 0 Å². The summed E-state index contributed by atoms with van der Waals surface area (Å²) in [5.74, 6) is -2.25. The van der Waals surface area contributed by atoms with Crippen LogP contribution in [0.15, 0.2) is 18.2 Å². The summed E-state index contributed by atoms with van der Waals surface area (Å²) in [4.78, 5) is 11.0. The second-order valence-electron chi connectivity index (χ2n) is 4.96. The van der Waals surface area contributed by atoms with Gasteiger partial charge in [-0.25, -0.2) is 12.8 Å². The number of benzene rings is 1. The highest BCUT2D eigenvalue weighted by Gasteiger charge is 2.38. The summed E-state index contributed by atoms with van der Waals surface area (Å²) in [6, 6.07) is 3.29. The first-order valence-electron chi connectivity index (χ1n) is 6.28. The van der Waals surface area contributed by atoms with Crippen molar-refractivity contribution >= 4 is 16.0 Å². The lowest BCUT2D eigenvalue weighted by Crippen LogP contribution is -2.41. The fourth-order valence-corrected chi connectivity index (χ4v) is 4.15. The lowest BCUT2D eigenvalue weighted by molar-refractivity contribution is -0.140. The lowest BCUT2D eigenvalue weighted by atomic mass is 10.2. The van der Waals surface area contributed by atoms with E-state index in [9.17, 15) is 17.6 Å². The van der Waals surface area contributed by atoms with Gasteiger partial charge in [0.25, 0.3) is 0 Å². The number of carboxylic acids is 1. The van der Waals surface area contributed by atoms with Gasteiger partial charge in [0.15, 0.2) is 0 Å². The number of hydrogen-bond acceptors (Lipinski definition) is 3. The second kappa shape index (κ2) is 5.49. The van der Waals surface area contributed by atoms with Gasteiger partial charge in [0.2, 0.25) is 10.0 Å². The smallest absolute Gasteiger partial charge is 0.322 e. The van der Waals surface area contributed by atoms with E-state index >= 15 is 0 Å². The maximum Gasteiger partial charge on any atom is 0.322 e. The SMILES string of the molecule is Cc1ccc(CS(=O)(=O)N2CCC[C@@H]2C(=O)O)c(F)c1. The van der Waals surface area contributed by atoms with Crippen molar-refractivity contribution in [1.82, 2.24) is 4.31 Å². The minimum atomic E-state index is -3.83. The summed E-state index contributed by atoms with van der Waals surface area (Å²) in [5, 5.41) is 9.02. The number of hydrogen-bond donors (Lipinski definition) is 1. The minimum Gasteiger partial charge on any atom is -0.480 e. The Bertz CT molecular complexity index is 629. The molecule has 1 aromatic rings. The fraction of sp³-hybridized carbons (Fsp3) is 0.462. The van der Waals surface area contributed by atoms with Crippen molar-refractivity contribution < 1.29 is 22.7 Å². The zero-order valence-electron chi connectivity index (χ0n) is 11.0. The maximum absolute atomic E-state index is 13.7. The van der Waals surface area contributed by atoms with E-state index in [0.717, 1.165) is 4.31 Å². The van der Waals surface area contributed by atoms with Crippen LogP contribution in [0.25, 0.3) is 0 Å². The van der Waals surface area contributed by atoms with Crippen LogP contribution in [0.4, 0.5) is 4.39 Å². The molecule has 2 rings (SSSR count). The Morgan fingerprint density at radius 3 is 2.80 bits per heavy atom. The molecule has 0 unspecified atom stereocenters. The molecule has 0 aliphatic carbocycles. The third-order valence-corrected chi connectivity index (χ3v) is 5.22. The molecule has 1 fully saturated rings. The van der Waals surface area contributed by atoms with Gasteiger partial charge >= 0.3 is 5.97 Å². The Morgan fingerprint density at radius 1 is 1.50 bits per heavy atom. The van der Waals surface area contributed by atoms with Gasteiger partial charge < -0.3 is 5.11 Å². The van der Waals surface area contributed by atoms with Crippen LogP contribution in [0, 0.1) is 12.7 Å². The van der Waals surface area contributed by atoms with E-state index in [1.165, 1.54) is 12.1 Å². The van der Waals surface area contributed by atoms with Crippen LogP contribution in [0.3, 0.4) is 0 Å². The highest BCUT2D eigenvalue weighted by molar-refractivity contribution is 7.88. The largest absolute Gasteiger partial charge is 0.480 e. The monoisotopic (exact) mass is 301 g/mol. The molecule has 1 atom stereocenters. The predicted octanol–water partition coefficient (Wildman–Crippen LogP) is 1.51. The van der Waals surface area contributed by atoms with E-state index in [4.69, 9.17) is 5.11 Å². The average molecular weight is 301 g/mol. The lowest BCUT2D eigenvalue weighted by Gasteiger charge is -2.21. The summed E-state index contributed by atoms with van der Waals surface area (Å²) in [5.41, 5.74) is 0.764. The van der Waals surface area contributed by atoms with Crippen molar-refractivity contribution in [3.8, 4) is 0 Å². The quantitative estimate of drug-likeness (QED) is 0.915. The average Bonchev–Trinajstić information content (AvgIpc) is 2.82. The number of aliphatic carboxylic acids is 1. The molecule has 1 aliphatic rings. The molecule has 5 nitrogen and oxygen atoms in total. The molecule has 1 N–H and O–H groups in total. The normalized spacial score (nSPS) is 20.2. The van der Waals surface area contributed by atoms with Crippen LogP contribution in [-0.4, -0.2) is 36.4 Å². The van der Waals surface area contributed by atoms with Crippen molar-refractivity contribution in [2.45, 2.75) is 31.6 Å². The molecule has 7 heteroatoms. The molecular formula is C13H16FNO4S. The predicted molar refractivity (Wildman–Crippen MR) is 71.1 cm³/mol. The van der Waals surface area contributed by atoms with Gasteiger partial charge in [-0.3, -0.25) is 4.79 Å². The van der Waals surface area contributed by atoms with Crippen molar-refractivity contribution in [3.63, 3.8) is 0 Å². The summed E-state index contributed by atoms with van der Waals surface area (Å²) < 4.78 is 39.2. The Balaban J connectivity index is 2.25.